The van der Waals surface area contributed by atoms with E-state index in [1.807, 2.05) is 13.8 Å². The average molecular weight is 608 g/mol. The van der Waals surface area contributed by atoms with Gasteiger partial charge in [0, 0.05) is 49.8 Å². The summed E-state index contributed by atoms with van der Waals surface area (Å²) in [5.41, 5.74) is 1.21. The number of ketones is 1. The second-order valence-electron chi connectivity index (χ2n) is 12.2. The Hall–Kier alpha value is -3.33. The van der Waals surface area contributed by atoms with Crippen molar-refractivity contribution < 1.29 is 23.5 Å². The van der Waals surface area contributed by atoms with Crippen molar-refractivity contribution in [2.75, 3.05) is 51.3 Å². The Balaban J connectivity index is 1.15. The number of likely N-dealkylation sites (tertiary alicyclic amines) is 1. The number of hydrogen-bond donors (Lipinski definition) is 1. The highest BCUT2D eigenvalue weighted by molar-refractivity contribution is 7.14. The molecule has 4 aliphatic rings. The van der Waals surface area contributed by atoms with E-state index in [4.69, 9.17) is 4.74 Å². The SMILES string of the molecule is CCC(C)C(NC(=O)c1ccc(-c2nc(N3CCN(C)CC3)sc2F)cc1)C(=O)N1CC(C#CC2CC2)C2OCC(=O)C21. The first-order valence-corrected chi connectivity index (χ1v) is 16.0. The maximum absolute atomic E-state index is 14.9. The molecule has 9 nitrogen and oxygen atoms in total. The van der Waals surface area contributed by atoms with Gasteiger partial charge in [-0.1, -0.05) is 55.6 Å². The van der Waals surface area contributed by atoms with Gasteiger partial charge in [0.15, 0.2) is 10.9 Å². The van der Waals surface area contributed by atoms with E-state index in [0.29, 0.717) is 35.1 Å². The third-order valence-electron chi connectivity index (χ3n) is 9.05. The number of fused-ring (bicyclic) bond motifs is 1. The molecule has 4 fully saturated rings. The van der Waals surface area contributed by atoms with Crippen LogP contribution in [0.5, 0.6) is 0 Å². The monoisotopic (exact) mass is 607 g/mol. The minimum Gasteiger partial charge on any atom is -0.366 e. The van der Waals surface area contributed by atoms with Gasteiger partial charge in [-0.05, 0) is 37.9 Å². The molecule has 5 atom stereocenters. The predicted octanol–water partition coefficient (Wildman–Crippen LogP) is 3.05. The number of carbonyl (C=O) groups excluding carboxylic acids is 3. The maximum atomic E-state index is 14.9. The molecule has 2 amide bonds. The third kappa shape index (κ3) is 6.19. The Morgan fingerprint density at radius 3 is 2.56 bits per heavy atom. The minimum atomic E-state index is -0.816. The first kappa shape index (κ1) is 29.7. The van der Waals surface area contributed by atoms with Crippen molar-refractivity contribution in [2.45, 2.75) is 51.3 Å². The molecular formula is C32H38FN5O4S. The summed E-state index contributed by atoms with van der Waals surface area (Å²) in [5.74, 6) is 5.74. The Kier molecular flexibility index (Phi) is 8.54. The zero-order valence-corrected chi connectivity index (χ0v) is 25.7. The number of amides is 2. The third-order valence-corrected chi connectivity index (χ3v) is 9.96. The maximum Gasteiger partial charge on any atom is 0.251 e. The molecule has 1 aliphatic carbocycles. The lowest BCUT2D eigenvalue weighted by Crippen LogP contribution is -2.54. The van der Waals surface area contributed by atoms with Gasteiger partial charge in [-0.25, -0.2) is 4.98 Å². The van der Waals surface area contributed by atoms with Crippen LogP contribution in [0.1, 0.15) is 43.5 Å². The zero-order chi connectivity index (χ0) is 30.2. The zero-order valence-electron chi connectivity index (χ0n) is 24.8. The fraction of sp³-hybridized carbons (Fsp3) is 0.562. The summed E-state index contributed by atoms with van der Waals surface area (Å²) >= 11 is 1.04. The largest absolute Gasteiger partial charge is 0.366 e. The molecule has 11 heteroatoms. The van der Waals surface area contributed by atoms with E-state index in [1.54, 1.807) is 29.2 Å². The van der Waals surface area contributed by atoms with Gasteiger partial charge < -0.3 is 24.8 Å². The number of hydrogen-bond acceptors (Lipinski definition) is 8. The summed E-state index contributed by atoms with van der Waals surface area (Å²) in [6.07, 6.45) is 2.42. The number of ether oxygens (including phenoxy) is 1. The smallest absolute Gasteiger partial charge is 0.251 e. The second kappa shape index (κ2) is 12.3. The molecule has 43 heavy (non-hydrogen) atoms. The van der Waals surface area contributed by atoms with Gasteiger partial charge in [-0.2, -0.15) is 4.39 Å². The normalized spacial score (nSPS) is 25.2. The van der Waals surface area contributed by atoms with Gasteiger partial charge in [0.2, 0.25) is 11.0 Å². The number of anilines is 1. The van der Waals surface area contributed by atoms with Crippen molar-refractivity contribution in [1.82, 2.24) is 20.1 Å². The van der Waals surface area contributed by atoms with Crippen molar-refractivity contribution in [3.63, 3.8) is 0 Å². The number of aromatic nitrogens is 1. The highest BCUT2D eigenvalue weighted by Crippen LogP contribution is 2.35. The molecule has 0 spiro atoms. The van der Waals surface area contributed by atoms with Crippen LogP contribution in [0.2, 0.25) is 0 Å². The predicted molar refractivity (Wildman–Crippen MR) is 162 cm³/mol. The van der Waals surface area contributed by atoms with E-state index >= 15 is 0 Å². The van der Waals surface area contributed by atoms with Gasteiger partial charge in [0.25, 0.3) is 5.91 Å². The van der Waals surface area contributed by atoms with Crippen LogP contribution in [0.3, 0.4) is 0 Å². The summed E-state index contributed by atoms with van der Waals surface area (Å²) in [5, 5.41) is 3.24. The van der Waals surface area contributed by atoms with Crippen LogP contribution in [-0.4, -0.2) is 96.9 Å². The summed E-state index contributed by atoms with van der Waals surface area (Å²) in [6.45, 7) is 7.57. The number of piperazine rings is 1. The van der Waals surface area contributed by atoms with E-state index in [1.165, 1.54) is 0 Å². The molecule has 4 heterocycles. The van der Waals surface area contributed by atoms with Crippen LogP contribution in [0, 0.1) is 34.7 Å². The van der Waals surface area contributed by atoms with Gasteiger partial charge in [-0.15, -0.1) is 0 Å². The number of rotatable bonds is 7. The van der Waals surface area contributed by atoms with Crippen molar-refractivity contribution in [1.29, 1.82) is 0 Å². The van der Waals surface area contributed by atoms with E-state index in [-0.39, 0.29) is 41.0 Å². The number of nitrogens with one attached hydrogen (secondary N) is 1. The van der Waals surface area contributed by atoms with Gasteiger partial charge >= 0.3 is 0 Å². The molecule has 3 saturated heterocycles. The standard InChI is InChI=1S/C32H38FN5O4S/c1-4-19(2)25(31(41)38-17-23(8-7-20-5-6-20)28-27(38)24(39)18-42-28)34-30(40)22-11-9-21(10-12-22)26-29(33)43-32(35-26)37-15-13-36(3)14-16-37/h9-12,19-20,23,25,27-28H,4-6,13-18H2,1-3H3,(H,34,40). The number of nitrogens with zero attached hydrogens (tertiary/aromatic N) is 4. The Labute approximate surface area is 255 Å². The molecule has 1 aromatic heterocycles. The summed E-state index contributed by atoms with van der Waals surface area (Å²) < 4.78 is 20.7. The number of benzene rings is 1. The molecule has 0 radical (unpaired) electrons. The first-order chi connectivity index (χ1) is 20.7. The molecule has 1 saturated carbocycles. The molecular weight excluding hydrogens is 569 g/mol. The molecule has 1 N–H and O–H groups in total. The van der Waals surface area contributed by atoms with Crippen molar-refractivity contribution in [3.05, 3.63) is 35.0 Å². The quantitative estimate of drug-likeness (QED) is 0.484. The van der Waals surface area contributed by atoms with E-state index in [9.17, 15) is 18.8 Å². The van der Waals surface area contributed by atoms with Crippen molar-refractivity contribution in [3.8, 4) is 23.1 Å². The fourth-order valence-corrected chi connectivity index (χ4v) is 6.80. The second-order valence-corrected chi connectivity index (χ2v) is 13.1. The summed E-state index contributed by atoms with van der Waals surface area (Å²) in [6, 6.07) is 5.13. The number of Topliss-reactive ketones (excluding diaryl/α,β-unsaturated/α-hetero) is 1. The van der Waals surface area contributed by atoms with Crippen molar-refractivity contribution >= 4 is 34.1 Å². The molecule has 228 valence electrons. The molecule has 5 unspecified atom stereocenters. The van der Waals surface area contributed by atoms with E-state index < -0.39 is 24.1 Å². The number of thiazole rings is 1. The lowest BCUT2D eigenvalue weighted by molar-refractivity contribution is -0.139. The highest BCUT2D eigenvalue weighted by Gasteiger charge is 2.53. The highest BCUT2D eigenvalue weighted by atomic mass is 32.1. The molecule has 6 rings (SSSR count). The summed E-state index contributed by atoms with van der Waals surface area (Å²) in [7, 11) is 2.07. The van der Waals surface area contributed by atoms with Crippen LogP contribution in [0.4, 0.5) is 9.52 Å². The Morgan fingerprint density at radius 1 is 1.16 bits per heavy atom. The van der Waals surface area contributed by atoms with Gasteiger partial charge in [-0.3, -0.25) is 14.4 Å². The lowest BCUT2D eigenvalue weighted by Gasteiger charge is -2.31. The van der Waals surface area contributed by atoms with Gasteiger partial charge in [0.05, 0.1) is 5.92 Å². The van der Waals surface area contributed by atoms with E-state index in [2.05, 4.69) is 39.0 Å². The fourth-order valence-electron chi connectivity index (χ4n) is 5.93. The summed E-state index contributed by atoms with van der Waals surface area (Å²) in [4.78, 5) is 50.6. The van der Waals surface area contributed by atoms with Crippen LogP contribution in [0.25, 0.3) is 11.3 Å². The average Bonchev–Trinajstić information content (AvgIpc) is 3.49. The number of carbonyl (C=O) groups is 3. The van der Waals surface area contributed by atoms with Crippen LogP contribution in [0.15, 0.2) is 24.3 Å². The number of likely N-dealkylation sites (N-methyl/N-ethyl adjacent to an activating group) is 1. The first-order valence-electron chi connectivity index (χ1n) is 15.2. The Morgan fingerprint density at radius 2 is 1.88 bits per heavy atom. The van der Waals surface area contributed by atoms with Crippen LogP contribution in [-0.2, 0) is 14.3 Å². The van der Waals surface area contributed by atoms with Crippen LogP contribution < -0.4 is 10.2 Å². The van der Waals surface area contributed by atoms with Crippen LogP contribution >= 0.6 is 11.3 Å². The lowest BCUT2D eigenvalue weighted by atomic mass is 9.96. The van der Waals surface area contributed by atoms with Crippen molar-refractivity contribution in [2.24, 2.45) is 17.8 Å². The molecule has 3 aliphatic heterocycles. The topological polar surface area (TPSA) is 95.1 Å². The minimum absolute atomic E-state index is 0.0239. The number of halogens is 1. The molecule has 1 aromatic carbocycles. The molecule has 2 aromatic rings. The van der Waals surface area contributed by atoms with E-state index in [0.717, 1.165) is 50.4 Å². The molecule has 0 bridgehead atoms. The Bertz CT molecular complexity index is 1440. The van der Waals surface area contributed by atoms with Gasteiger partial charge in [0.1, 0.15) is 30.5 Å².